The number of amides is 1. The molecule has 1 fully saturated rings. The third kappa shape index (κ3) is 3.92. The Kier molecular flexibility index (Phi) is 5.81. The Morgan fingerprint density at radius 1 is 0.967 bits per heavy atom. The van der Waals surface area contributed by atoms with Crippen LogP contribution >= 0.6 is 0 Å². The number of benzene rings is 3. The highest BCUT2D eigenvalue weighted by atomic mass is 16.5. The van der Waals surface area contributed by atoms with Gasteiger partial charge in [0.15, 0.2) is 0 Å². The monoisotopic (exact) mass is 396 g/mol. The van der Waals surface area contributed by atoms with Crippen LogP contribution in [0.1, 0.15) is 35.6 Å². The summed E-state index contributed by atoms with van der Waals surface area (Å²) in [5.41, 5.74) is 3.82. The van der Waals surface area contributed by atoms with Crippen molar-refractivity contribution in [1.29, 1.82) is 5.26 Å². The second-order valence-corrected chi connectivity index (χ2v) is 7.57. The van der Waals surface area contributed by atoms with E-state index in [1.54, 1.807) is 19.2 Å². The molecule has 0 saturated carbocycles. The molecule has 0 N–H and O–H groups in total. The van der Waals surface area contributed by atoms with Crippen molar-refractivity contribution in [2.45, 2.75) is 25.3 Å². The predicted octanol–water partition coefficient (Wildman–Crippen LogP) is 5.29. The van der Waals surface area contributed by atoms with E-state index in [0.717, 1.165) is 36.3 Å². The van der Waals surface area contributed by atoms with Crippen LogP contribution < -0.4 is 9.64 Å². The zero-order valence-electron chi connectivity index (χ0n) is 17.0. The Morgan fingerprint density at radius 3 is 2.30 bits per heavy atom. The van der Waals surface area contributed by atoms with Gasteiger partial charge in [0.25, 0.3) is 0 Å². The number of carbonyl (C=O) groups is 1. The number of nitriles is 1. The van der Waals surface area contributed by atoms with Gasteiger partial charge in [0.2, 0.25) is 5.91 Å². The highest BCUT2D eigenvalue weighted by Crippen LogP contribution is 2.46. The first-order valence-electron chi connectivity index (χ1n) is 10.2. The number of methoxy groups -OCH3 is 1. The maximum absolute atomic E-state index is 13.1. The minimum Gasteiger partial charge on any atom is -0.497 e. The van der Waals surface area contributed by atoms with Gasteiger partial charge in [-0.2, -0.15) is 5.26 Å². The smallest absolute Gasteiger partial charge is 0.233 e. The zero-order chi connectivity index (χ0) is 20.9. The van der Waals surface area contributed by atoms with Crippen molar-refractivity contribution in [2.75, 3.05) is 12.0 Å². The topological polar surface area (TPSA) is 53.3 Å². The minimum atomic E-state index is -0.0437. The number of nitrogens with zero attached hydrogens (tertiary/aromatic N) is 2. The van der Waals surface area contributed by atoms with Crippen LogP contribution in [-0.4, -0.2) is 13.0 Å². The lowest BCUT2D eigenvalue weighted by atomic mass is 9.78. The summed E-state index contributed by atoms with van der Waals surface area (Å²) in [6.07, 6.45) is 2.78. The van der Waals surface area contributed by atoms with Crippen molar-refractivity contribution in [3.8, 4) is 11.8 Å². The van der Waals surface area contributed by atoms with E-state index in [9.17, 15) is 4.79 Å². The molecule has 150 valence electrons. The third-order valence-corrected chi connectivity index (χ3v) is 5.77. The molecule has 1 heterocycles. The summed E-state index contributed by atoms with van der Waals surface area (Å²) in [5.74, 6) is 0.904. The molecule has 0 unspecified atom stereocenters. The van der Waals surface area contributed by atoms with Gasteiger partial charge in [-0.3, -0.25) is 4.79 Å². The molecular formula is C26H24N2O2. The molecule has 2 atom stereocenters. The predicted molar refractivity (Wildman–Crippen MR) is 117 cm³/mol. The quantitative estimate of drug-likeness (QED) is 0.510. The summed E-state index contributed by atoms with van der Waals surface area (Å²) in [5, 5.41) is 9.06. The van der Waals surface area contributed by atoms with Gasteiger partial charge in [0.1, 0.15) is 5.75 Å². The second-order valence-electron chi connectivity index (χ2n) is 7.57. The van der Waals surface area contributed by atoms with Crippen molar-refractivity contribution in [3.63, 3.8) is 0 Å². The molecule has 4 nitrogen and oxygen atoms in total. The molecule has 0 spiro atoms. The molecule has 1 saturated heterocycles. The molecule has 0 bridgehead atoms. The van der Waals surface area contributed by atoms with Gasteiger partial charge in [0.05, 0.1) is 30.7 Å². The molecular weight excluding hydrogens is 372 g/mol. The Labute approximate surface area is 177 Å². The number of carbonyl (C=O) groups excluding carboxylic acids is 1. The fourth-order valence-corrected chi connectivity index (χ4v) is 4.17. The van der Waals surface area contributed by atoms with E-state index in [4.69, 9.17) is 10.00 Å². The highest BCUT2D eigenvalue weighted by molar-refractivity contribution is 6.03. The van der Waals surface area contributed by atoms with Gasteiger partial charge in [-0.25, -0.2) is 0 Å². The number of β-lactam (4-membered cyclic amide) rings is 1. The first-order valence-corrected chi connectivity index (χ1v) is 10.2. The number of aryl methyl sites for hydroxylation is 1. The number of ether oxygens (including phenoxy) is 1. The van der Waals surface area contributed by atoms with E-state index in [0.29, 0.717) is 5.56 Å². The van der Waals surface area contributed by atoms with Crippen LogP contribution in [0.3, 0.4) is 0 Å². The molecule has 1 aliphatic heterocycles. The summed E-state index contributed by atoms with van der Waals surface area (Å²) < 4.78 is 5.29. The summed E-state index contributed by atoms with van der Waals surface area (Å²) in [6, 6.07) is 27.7. The van der Waals surface area contributed by atoms with Crippen LogP contribution in [0, 0.1) is 17.2 Å². The SMILES string of the molecule is COc1ccc([C@@H]2[C@@H](CCCc3ccccc3)C(=O)N2c2ccc(C#N)cc2)cc1. The lowest BCUT2D eigenvalue weighted by molar-refractivity contribution is -0.130. The van der Waals surface area contributed by atoms with Crippen molar-refractivity contribution in [2.24, 2.45) is 5.92 Å². The summed E-state index contributed by atoms with van der Waals surface area (Å²) >= 11 is 0. The fourth-order valence-electron chi connectivity index (χ4n) is 4.17. The van der Waals surface area contributed by atoms with Crippen LogP contribution in [-0.2, 0) is 11.2 Å². The van der Waals surface area contributed by atoms with Gasteiger partial charge >= 0.3 is 0 Å². The van der Waals surface area contributed by atoms with Crippen LogP contribution in [0.25, 0.3) is 0 Å². The van der Waals surface area contributed by atoms with Gasteiger partial charge in [0, 0.05) is 5.69 Å². The van der Waals surface area contributed by atoms with Crippen molar-refractivity contribution < 1.29 is 9.53 Å². The van der Waals surface area contributed by atoms with Gasteiger partial charge in [-0.05, 0) is 66.8 Å². The first kappa shape index (κ1) is 19.7. The number of hydrogen-bond acceptors (Lipinski definition) is 3. The second kappa shape index (κ2) is 8.84. The summed E-state index contributed by atoms with van der Waals surface area (Å²) in [7, 11) is 1.65. The van der Waals surface area contributed by atoms with Gasteiger partial charge in [-0.1, -0.05) is 42.5 Å². The van der Waals surface area contributed by atoms with Gasteiger partial charge in [-0.15, -0.1) is 0 Å². The van der Waals surface area contributed by atoms with Crippen LogP contribution in [0.5, 0.6) is 5.75 Å². The molecule has 0 aliphatic carbocycles. The van der Waals surface area contributed by atoms with E-state index in [1.807, 2.05) is 47.4 Å². The van der Waals surface area contributed by atoms with Crippen molar-refractivity contribution >= 4 is 11.6 Å². The largest absolute Gasteiger partial charge is 0.497 e. The molecule has 3 aromatic carbocycles. The van der Waals surface area contributed by atoms with Crippen molar-refractivity contribution in [1.82, 2.24) is 0 Å². The Morgan fingerprint density at radius 2 is 1.67 bits per heavy atom. The lowest BCUT2D eigenvalue weighted by Gasteiger charge is -2.47. The average molecular weight is 396 g/mol. The zero-order valence-corrected chi connectivity index (χ0v) is 17.0. The number of hydrogen-bond donors (Lipinski definition) is 0. The first-order chi connectivity index (χ1) is 14.7. The molecule has 3 aromatic rings. The van der Waals surface area contributed by atoms with Crippen molar-refractivity contribution in [3.05, 3.63) is 95.6 Å². The molecule has 0 aromatic heterocycles. The third-order valence-electron chi connectivity index (χ3n) is 5.77. The molecule has 30 heavy (non-hydrogen) atoms. The van der Waals surface area contributed by atoms with E-state index < -0.39 is 0 Å². The summed E-state index contributed by atoms with van der Waals surface area (Å²) in [4.78, 5) is 15.0. The Hall–Kier alpha value is -3.58. The maximum Gasteiger partial charge on any atom is 0.233 e. The standard InChI is InChI=1S/C26H24N2O2/c1-30-23-16-12-21(13-17-23)25-24(9-5-8-19-6-3-2-4-7-19)26(29)28(25)22-14-10-20(18-27)11-15-22/h2-4,6-7,10-17,24-25H,5,8-9H2,1H3/t24-,25-/m1/s1. The highest BCUT2D eigenvalue weighted by Gasteiger charge is 2.48. The fraction of sp³-hybridized carbons (Fsp3) is 0.231. The van der Waals surface area contributed by atoms with Gasteiger partial charge < -0.3 is 9.64 Å². The average Bonchev–Trinajstić information content (AvgIpc) is 2.81. The normalized spacial score (nSPS) is 17.9. The molecule has 4 rings (SSSR count). The Balaban J connectivity index is 1.55. The van der Waals surface area contributed by atoms with Crippen LogP contribution in [0.4, 0.5) is 5.69 Å². The lowest BCUT2D eigenvalue weighted by Crippen LogP contribution is -2.55. The molecule has 1 amide bonds. The Bertz CT molecular complexity index is 1040. The van der Waals surface area contributed by atoms with E-state index in [-0.39, 0.29) is 17.9 Å². The van der Waals surface area contributed by atoms with Crippen LogP contribution in [0.2, 0.25) is 0 Å². The van der Waals surface area contributed by atoms with E-state index in [1.165, 1.54) is 5.56 Å². The number of rotatable bonds is 7. The number of anilines is 1. The maximum atomic E-state index is 13.1. The van der Waals surface area contributed by atoms with E-state index >= 15 is 0 Å². The minimum absolute atomic E-state index is 0.00730. The molecule has 1 aliphatic rings. The molecule has 0 radical (unpaired) electrons. The summed E-state index contributed by atoms with van der Waals surface area (Å²) in [6.45, 7) is 0. The van der Waals surface area contributed by atoms with E-state index in [2.05, 4.69) is 30.3 Å². The molecule has 4 heteroatoms. The van der Waals surface area contributed by atoms with Crippen LogP contribution in [0.15, 0.2) is 78.9 Å².